The summed E-state index contributed by atoms with van der Waals surface area (Å²) >= 11 is 0. The maximum Gasteiger partial charge on any atom is 0.320 e. The van der Waals surface area contributed by atoms with Crippen LogP contribution in [0.5, 0.6) is 0 Å². The molecule has 0 aromatic heterocycles. The highest BCUT2D eigenvalue weighted by Crippen LogP contribution is 1.90. The first kappa shape index (κ1) is 43.6. The third kappa shape index (κ3) is 45.1. The van der Waals surface area contributed by atoms with E-state index in [9.17, 15) is 73.8 Å². The minimum absolute atomic E-state index is 0.148. The van der Waals surface area contributed by atoms with E-state index in [0.29, 0.717) is 0 Å². The summed E-state index contributed by atoms with van der Waals surface area (Å²) in [5.41, 5.74) is 9.75. The van der Waals surface area contributed by atoms with E-state index in [1.165, 1.54) is 6.92 Å². The van der Waals surface area contributed by atoms with Crippen molar-refractivity contribution in [2.45, 2.75) is 64.6 Å². The van der Waals surface area contributed by atoms with E-state index in [-0.39, 0.29) is 12.8 Å². The van der Waals surface area contributed by atoms with E-state index in [1.54, 1.807) is 0 Å². The van der Waals surface area contributed by atoms with Crippen molar-refractivity contribution in [2.75, 3.05) is 0 Å². The standard InChI is InChI=1S/C5H9NO4.C5H6O5.C3H7NO2.C3H6O3.C3H4O3/c2*6-3(5(9)10)1-2-4(7)8;3*1-2(4)3(5)6/h3H,1-2,6H2,(H,7,8)(H,9,10);1-2H2,(H,7,8)(H,9,10);2H,4H2,1H3,(H,5,6);2,4H,1H3,(H,5,6);1H3,(H,5,6)/p-6. The number of carbonyl (C=O) groups excluding carboxylic acids is 8. The van der Waals surface area contributed by atoms with Crippen molar-refractivity contribution in [3.8, 4) is 0 Å². The van der Waals surface area contributed by atoms with Crippen LogP contribution in [0.1, 0.15) is 46.5 Å². The van der Waals surface area contributed by atoms with Crippen LogP contribution in [0.2, 0.25) is 0 Å². The average molecular weight is 554 g/mol. The second kappa shape index (κ2) is 25.6. The first-order valence-corrected chi connectivity index (χ1v) is 9.70. The molecule has 0 fully saturated rings. The van der Waals surface area contributed by atoms with Crippen LogP contribution in [-0.2, 0) is 43.2 Å². The van der Waals surface area contributed by atoms with Gasteiger partial charge in [0.2, 0.25) is 0 Å². The lowest BCUT2D eigenvalue weighted by molar-refractivity contribution is -0.314. The van der Waals surface area contributed by atoms with E-state index >= 15 is 0 Å². The van der Waals surface area contributed by atoms with Crippen molar-refractivity contribution >= 4 is 53.4 Å². The molecular formula is C19H26N2O17-6. The van der Waals surface area contributed by atoms with Gasteiger partial charge >= 0.3 is 5.97 Å². The van der Waals surface area contributed by atoms with Gasteiger partial charge in [0, 0.05) is 31.3 Å². The summed E-state index contributed by atoms with van der Waals surface area (Å²) in [6, 6.07) is -1.94. The molecule has 220 valence electrons. The molecule has 3 unspecified atom stereocenters. The fourth-order valence-electron chi connectivity index (χ4n) is 0.709. The van der Waals surface area contributed by atoms with Gasteiger partial charge in [-0.05, 0) is 33.1 Å². The molecule has 19 heteroatoms. The highest BCUT2D eigenvalue weighted by molar-refractivity contribution is 6.31. The Morgan fingerprint density at radius 1 is 0.684 bits per heavy atom. The molecule has 0 aliphatic rings. The zero-order chi connectivity index (χ0) is 31.8. The van der Waals surface area contributed by atoms with Crippen molar-refractivity contribution in [2.24, 2.45) is 11.5 Å². The van der Waals surface area contributed by atoms with Crippen LogP contribution in [0.25, 0.3) is 0 Å². The molecule has 19 nitrogen and oxygen atoms in total. The molecule has 0 aromatic rings. The topological polar surface area (TPSA) is 384 Å². The van der Waals surface area contributed by atoms with Gasteiger partial charge in [-0.2, -0.15) is 0 Å². The van der Waals surface area contributed by atoms with Gasteiger partial charge in [0.1, 0.15) is 18.0 Å². The van der Waals surface area contributed by atoms with Crippen LogP contribution >= 0.6 is 0 Å². The summed E-state index contributed by atoms with van der Waals surface area (Å²) in [4.78, 5) is 86.6. The molecule has 0 heterocycles. The fourth-order valence-corrected chi connectivity index (χ4v) is 0.709. The van der Waals surface area contributed by atoms with Gasteiger partial charge in [0.15, 0.2) is 11.6 Å². The van der Waals surface area contributed by atoms with Gasteiger partial charge in [-0.3, -0.25) is 14.4 Å². The number of aliphatic hydroxyl groups is 1. The van der Waals surface area contributed by atoms with E-state index in [2.05, 4.69) is 0 Å². The minimum atomic E-state index is -1.86. The summed E-state index contributed by atoms with van der Waals surface area (Å²) < 4.78 is 0. The highest BCUT2D eigenvalue weighted by atomic mass is 16.4. The predicted octanol–water partition coefficient (Wildman–Crippen LogP) is -10.7. The molecule has 0 spiro atoms. The van der Waals surface area contributed by atoms with Crippen LogP contribution < -0.4 is 42.1 Å². The molecule has 0 saturated heterocycles. The van der Waals surface area contributed by atoms with Crippen molar-refractivity contribution in [3.63, 3.8) is 0 Å². The van der Waals surface area contributed by atoms with Gasteiger partial charge in [0.05, 0.1) is 18.0 Å². The lowest BCUT2D eigenvalue weighted by atomic mass is 10.2. The number of carboxylic acids is 7. The Morgan fingerprint density at radius 2 is 1.00 bits per heavy atom. The number of aliphatic hydroxyl groups excluding tert-OH is 1. The Hall–Kier alpha value is -4.49. The monoisotopic (exact) mass is 554 g/mol. The van der Waals surface area contributed by atoms with Crippen LogP contribution in [0.15, 0.2) is 0 Å². The number of hydrogen-bond donors (Lipinski definition) is 4. The zero-order valence-electron chi connectivity index (χ0n) is 20.2. The van der Waals surface area contributed by atoms with Gasteiger partial charge in [-0.15, -0.1) is 0 Å². The molecule has 6 N–H and O–H groups in total. The fraction of sp³-hybridized carbons (Fsp3) is 0.526. The lowest BCUT2D eigenvalue weighted by Gasteiger charge is -2.11. The zero-order valence-corrected chi connectivity index (χ0v) is 20.2. The Labute approximate surface area is 214 Å². The van der Waals surface area contributed by atoms with Crippen LogP contribution in [0.3, 0.4) is 0 Å². The molecule has 0 radical (unpaired) electrons. The van der Waals surface area contributed by atoms with Gasteiger partial charge < -0.3 is 81.1 Å². The van der Waals surface area contributed by atoms with Crippen molar-refractivity contribution in [1.29, 1.82) is 0 Å². The summed E-state index contributed by atoms with van der Waals surface area (Å²) in [6.45, 7) is 3.49. The molecule has 0 aromatic carbocycles. The predicted molar refractivity (Wildman–Crippen MR) is 105 cm³/mol. The SMILES string of the molecule is CC(=O)C(=O)[O-].CC(N)C(=O)O.CC(O)C(=O)[O-].NC(CCC(=O)[O-])C(=O)[O-].O=C([O-])CCC(=O)C(=O)[O-]. The van der Waals surface area contributed by atoms with Crippen molar-refractivity contribution in [1.82, 2.24) is 0 Å². The van der Waals surface area contributed by atoms with Crippen molar-refractivity contribution in [3.05, 3.63) is 0 Å². The second-order valence-corrected chi connectivity index (χ2v) is 6.38. The number of carbonyl (C=O) groups is 9. The Morgan fingerprint density at radius 3 is 1.16 bits per heavy atom. The first-order chi connectivity index (χ1) is 17.0. The molecule has 0 bridgehead atoms. The number of ketones is 2. The Balaban J connectivity index is -0.000000122. The Kier molecular flexibility index (Phi) is 29.4. The summed E-state index contributed by atoms with van der Waals surface area (Å²) in [5, 5.41) is 73.3. The number of rotatable bonds is 11. The third-order valence-electron chi connectivity index (χ3n) is 2.76. The quantitative estimate of drug-likeness (QED) is 0.172. The van der Waals surface area contributed by atoms with Crippen molar-refractivity contribution < 1.29 is 84.0 Å². The number of carboxylic acid groups (broad SMARTS) is 7. The van der Waals surface area contributed by atoms with E-state index in [1.807, 2.05) is 0 Å². The molecule has 0 rings (SSSR count). The van der Waals surface area contributed by atoms with E-state index in [4.69, 9.17) is 21.7 Å². The van der Waals surface area contributed by atoms with Crippen LogP contribution in [-0.4, -0.2) is 81.8 Å². The molecule has 0 aliphatic carbocycles. The summed E-state index contributed by atoms with van der Waals surface area (Å²) in [5.74, 6) is -12.2. The van der Waals surface area contributed by atoms with Crippen LogP contribution in [0.4, 0.5) is 0 Å². The molecule has 0 saturated carbocycles. The summed E-state index contributed by atoms with van der Waals surface area (Å²) in [6.07, 6.45) is -2.98. The Bertz CT molecular complexity index is 790. The highest BCUT2D eigenvalue weighted by Gasteiger charge is 2.02. The number of aliphatic carboxylic acids is 7. The van der Waals surface area contributed by atoms with Crippen LogP contribution in [0, 0.1) is 0 Å². The minimum Gasteiger partial charge on any atom is -0.550 e. The van der Waals surface area contributed by atoms with Gasteiger partial charge in [-0.1, -0.05) is 0 Å². The molecule has 0 aliphatic heterocycles. The number of nitrogens with two attached hydrogens (primary N) is 2. The third-order valence-corrected chi connectivity index (χ3v) is 2.76. The largest absolute Gasteiger partial charge is 0.550 e. The van der Waals surface area contributed by atoms with E-state index < -0.39 is 84.4 Å². The second-order valence-electron chi connectivity index (χ2n) is 6.38. The maximum atomic E-state index is 10.1. The number of Topliss-reactive ketones (excluding diaryl/α,β-unsaturated/α-hetero) is 2. The van der Waals surface area contributed by atoms with Gasteiger partial charge in [0.25, 0.3) is 0 Å². The van der Waals surface area contributed by atoms with Gasteiger partial charge in [-0.25, -0.2) is 0 Å². The lowest BCUT2D eigenvalue weighted by Crippen LogP contribution is -2.42. The molecule has 0 amide bonds. The smallest absolute Gasteiger partial charge is 0.320 e. The number of hydrogen-bond acceptors (Lipinski definition) is 18. The maximum absolute atomic E-state index is 10.1. The van der Waals surface area contributed by atoms with E-state index in [0.717, 1.165) is 13.8 Å². The molecular weight excluding hydrogens is 528 g/mol. The average Bonchev–Trinajstić information content (AvgIpc) is 2.76. The normalized spacial score (nSPS) is 11.1. The summed E-state index contributed by atoms with van der Waals surface area (Å²) in [7, 11) is 0. The molecule has 3 atom stereocenters. The first-order valence-electron chi connectivity index (χ1n) is 9.70. The molecule has 38 heavy (non-hydrogen) atoms.